The number of alkyl halides is 3. The van der Waals surface area contributed by atoms with E-state index < -0.39 is 11.9 Å². The molecule has 1 aliphatic carbocycles. The molecule has 1 saturated carbocycles. The second kappa shape index (κ2) is 6.87. The number of hydrogen-bond donors (Lipinski definition) is 0. The van der Waals surface area contributed by atoms with Crippen LogP contribution in [-0.2, 0) is 19.8 Å². The van der Waals surface area contributed by atoms with Gasteiger partial charge >= 0.3 is 6.18 Å². The van der Waals surface area contributed by atoms with Crippen LogP contribution < -0.4 is 0 Å². The van der Waals surface area contributed by atoms with E-state index in [1.54, 1.807) is 13.2 Å². The van der Waals surface area contributed by atoms with E-state index in [1.165, 1.54) is 23.1 Å². The second-order valence-electron chi connectivity index (χ2n) is 7.75. The van der Waals surface area contributed by atoms with Gasteiger partial charge < -0.3 is 9.13 Å². The summed E-state index contributed by atoms with van der Waals surface area (Å²) >= 11 is 6.12. The number of rotatable bonds is 4. The molecule has 0 spiro atoms. The van der Waals surface area contributed by atoms with Crippen molar-refractivity contribution in [3.05, 3.63) is 70.9 Å². The molecule has 0 bridgehead atoms. The molecule has 1 aromatic carbocycles. The molecule has 8 heteroatoms. The normalized spacial score (nSPS) is 14.6. The maximum Gasteiger partial charge on any atom is 0.434 e. The van der Waals surface area contributed by atoms with Gasteiger partial charge in [0.15, 0.2) is 5.69 Å². The van der Waals surface area contributed by atoms with Crippen molar-refractivity contribution >= 4 is 22.5 Å². The highest BCUT2D eigenvalue weighted by Crippen LogP contribution is 2.42. The Morgan fingerprint density at radius 2 is 1.87 bits per heavy atom. The Hall–Kier alpha value is -2.80. The van der Waals surface area contributed by atoms with Gasteiger partial charge in [0, 0.05) is 42.6 Å². The summed E-state index contributed by atoms with van der Waals surface area (Å²) in [5.41, 5.74) is 3.12. The molecule has 1 fully saturated rings. The van der Waals surface area contributed by atoms with E-state index in [9.17, 15) is 13.2 Å². The molecule has 3 aromatic heterocycles. The number of fused-ring (bicyclic) bond motifs is 1. The zero-order valence-electron chi connectivity index (χ0n) is 16.1. The van der Waals surface area contributed by atoms with Crippen LogP contribution in [0.25, 0.3) is 22.3 Å². The van der Waals surface area contributed by atoms with E-state index in [4.69, 9.17) is 11.6 Å². The van der Waals surface area contributed by atoms with Crippen LogP contribution in [0, 0.1) is 0 Å². The second-order valence-corrected chi connectivity index (χ2v) is 8.14. The lowest BCUT2D eigenvalue weighted by atomic mass is 10.1. The molecule has 154 valence electrons. The Morgan fingerprint density at radius 3 is 2.50 bits per heavy atom. The van der Waals surface area contributed by atoms with Crippen LogP contribution in [0.4, 0.5) is 13.2 Å². The molecule has 0 unspecified atom stereocenters. The number of nitrogens with zero attached hydrogens (tertiary/aromatic N) is 4. The van der Waals surface area contributed by atoms with Crippen LogP contribution in [0.3, 0.4) is 0 Å². The minimum Gasteiger partial charge on any atom is -0.340 e. The third-order valence-corrected chi connectivity index (χ3v) is 5.71. The average Bonchev–Trinajstić information content (AvgIpc) is 3.38. The highest BCUT2D eigenvalue weighted by atomic mass is 35.5. The Bertz CT molecular complexity index is 1230. The molecular weight excluding hydrogens is 413 g/mol. The van der Waals surface area contributed by atoms with E-state index in [0.29, 0.717) is 23.2 Å². The van der Waals surface area contributed by atoms with E-state index in [2.05, 4.69) is 20.6 Å². The zero-order valence-corrected chi connectivity index (χ0v) is 16.9. The lowest BCUT2D eigenvalue weighted by Gasteiger charge is -2.11. The van der Waals surface area contributed by atoms with Crippen molar-refractivity contribution in [1.29, 1.82) is 0 Å². The SMILES string of the molecule is Cn1cc(C(F)(F)F)nc1-c1ccc(Cn2c(C3CC3)cc3cnc(Cl)cc32)cc1. The van der Waals surface area contributed by atoms with Gasteiger partial charge in [0.05, 0.1) is 5.52 Å². The predicted octanol–water partition coefficient (Wildman–Crippen LogP) is 6.03. The van der Waals surface area contributed by atoms with Gasteiger partial charge in [-0.3, -0.25) is 0 Å². The molecule has 1 aliphatic rings. The van der Waals surface area contributed by atoms with Crippen LogP contribution in [-0.4, -0.2) is 19.1 Å². The third-order valence-electron chi connectivity index (χ3n) is 5.50. The van der Waals surface area contributed by atoms with Gasteiger partial charge in [-0.05, 0) is 36.5 Å². The van der Waals surface area contributed by atoms with Gasteiger partial charge in [-0.15, -0.1) is 0 Å². The molecule has 4 nitrogen and oxygen atoms in total. The minimum atomic E-state index is -4.46. The first-order valence-electron chi connectivity index (χ1n) is 9.64. The number of pyridine rings is 1. The third kappa shape index (κ3) is 3.47. The van der Waals surface area contributed by atoms with Crippen LogP contribution in [0.1, 0.15) is 35.7 Å². The molecular formula is C22H18ClF3N4. The predicted molar refractivity (Wildman–Crippen MR) is 109 cm³/mol. The first-order valence-corrected chi connectivity index (χ1v) is 10.0. The number of halogens is 4. The van der Waals surface area contributed by atoms with Crippen LogP contribution in [0.15, 0.2) is 48.8 Å². The summed E-state index contributed by atoms with van der Waals surface area (Å²) < 4.78 is 42.5. The van der Waals surface area contributed by atoms with Gasteiger partial charge in [0.25, 0.3) is 0 Å². The van der Waals surface area contributed by atoms with E-state index >= 15 is 0 Å². The monoisotopic (exact) mass is 430 g/mol. The van der Waals surface area contributed by atoms with Crippen molar-refractivity contribution in [2.75, 3.05) is 0 Å². The Labute approximate surface area is 175 Å². The fourth-order valence-corrected chi connectivity index (χ4v) is 4.01. The van der Waals surface area contributed by atoms with Crippen LogP contribution in [0.2, 0.25) is 5.15 Å². The molecule has 3 heterocycles. The van der Waals surface area contributed by atoms with Gasteiger partial charge in [-0.1, -0.05) is 35.9 Å². The molecule has 0 radical (unpaired) electrons. The minimum absolute atomic E-state index is 0.289. The zero-order chi connectivity index (χ0) is 21.0. The van der Waals surface area contributed by atoms with Crippen molar-refractivity contribution < 1.29 is 13.2 Å². The van der Waals surface area contributed by atoms with Crippen molar-refractivity contribution in [2.24, 2.45) is 7.05 Å². The number of hydrogen-bond acceptors (Lipinski definition) is 2. The molecule has 0 amide bonds. The first kappa shape index (κ1) is 19.2. The Morgan fingerprint density at radius 1 is 1.13 bits per heavy atom. The quantitative estimate of drug-likeness (QED) is 0.370. The van der Waals surface area contributed by atoms with Gasteiger partial charge in [0.1, 0.15) is 11.0 Å². The number of imidazole rings is 1. The maximum absolute atomic E-state index is 12.9. The van der Waals surface area contributed by atoms with Crippen LogP contribution in [0.5, 0.6) is 0 Å². The average molecular weight is 431 g/mol. The fourth-order valence-electron chi connectivity index (χ4n) is 3.86. The molecule has 30 heavy (non-hydrogen) atoms. The summed E-state index contributed by atoms with van der Waals surface area (Å²) in [6, 6.07) is 11.6. The number of benzene rings is 1. The summed E-state index contributed by atoms with van der Waals surface area (Å²) in [5, 5.41) is 1.51. The summed E-state index contributed by atoms with van der Waals surface area (Å²) in [7, 11) is 1.57. The molecule has 0 saturated heterocycles. The maximum atomic E-state index is 12.9. The highest BCUT2D eigenvalue weighted by Gasteiger charge is 2.34. The van der Waals surface area contributed by atoms with Gasteiger partial charge in [-0.2, -0.15) is 13.2 Å². The molecule has 0 aliphatic heterocycles. The Balaban J connectivity index is 1.47. The molecule has 4 aromatic rings. The van der Waals surface area contributed by atoms with Gasteiger partial charge in [-0.25, -0.2) is 9.97 Å². The van der Waals surface area contributed by atoms with Crippen molar-refractivity contribution in [3.8, 4) is 11.4 Å². The fraction of sp³-hybridized carbons (Fsp3) is 0.273. The topological polar surface area (TPSA) is 35.6 Å². The highest BCUT2D eigenvalue weighted by molar-refractivity contribution is 6.30. The summed E-state index contributed by atoms with van der Waals surface area (Å²) in [5.74, 6) is 0.848. The Kier molecular flexibility index (Phi) is 4.39. The summed E-state index contributed by atoms with van der Waals surface area (Å²) in [6.07, 6.45) is 0.701. The number of aryl methyl sites for hydroxylation is 1. The lowest BCUT2D eigenvalue weighted by molar-refractivity contribution is -0.140. The van der Waals surface area contributed by atoms with Crippen LogP contribution >= 0.6 is 11.6 Å². The molecule has 5 rings (SSSR count). The van der Waals surface area contributed by atoms with E-state index in [1.807, 2.05) is 30.3 Å². The largest absolute Gasteiger partial charge is 0.434 e. The summed E-state index contributed by atoms with van der Waals surface area (Å²) in [6.45, 7) is 0.657. The smallest absolute Gasteiger partial charge is 0.340 e. The van der Waals surface area contributed by atoms with E-state index in [-0.39, 0.29) is 5.82 Å². The van der Waals surface area contributed by atoms with E-state index in [0.717, 1.165) is 22.7 Å². The first-order chi connectivity index (χ1) is 14.3. The van der Waals surface area contributed by atoms with Crippen molar-refractivity contribution in [2.45, 2.75) is 31.5 Å². The number of aromatic nitrogens is 4. The summed E-state index contributed by atoms with van der Waals surface area (Å²) in [4.78, 5) is 7.95. The van der Waals surface area contributed by atoms with Crippen molar-refractivity contribution in [1.82, 2.24) is 19.1 Å². The van der Waals surface area contributed by atoms with Crippen molar-refractivity contribution in [3.63, 3.8) is 0 Å². The molecule has 0 N–H and O–H groups in total. The molecule has 0 atom stereocenters. The lowest BCUT2D eigenvalue weighted by Crippen LogP contribution is -2.05. The standard InChI is InChI=1S/C22H18ClF3N4/c1-29-12-19(22(24,25)26)28-21(29)15-4-2-13(3-5-15)11-30-17(14-6-7-14)8-16-10-27-20(23)9-18(16)30/h2-5,8-10,12,14H,6-7,11H2,1H3. The van der Waals surface area contributed by atoms with Gasteiger partial charge in [0.2, 0.25) is 0 Å².